The van der Waals surface area contributed by atoms with Gasteiger partial charge in [0.15, 0.2) is 0 Å². The van der Waals surface area contributed by atoms with Gasteiger partial charge in [-0.3, -0.25) is 4.79 Å². The molecule has 1 aromatic heterocycles. The quantitative estimate of drug-likeness (QED) is 0.791. The lowest BCUT2D eigenvalue weighted by atomic mass is 10.1. The van der Waals surface area contributed by atoms with Crippen molar-refractivity contribution in [1.82, 2.24) is 20.4 Å². The molecule has 1 N–H and O–H groups in total. The van der Waals surface area contributed by atoms with Gasteiger partial charge in [0.05, 0.1) is 11.4 Å². The summed E-state index contributed by atoms with van der Waals surface area (Å²) in [5, 5.41) is 12.0. The molecule has 0 radical (unpaired) electrons. The molecule has 0 saturated heterocycles. The van der Waals surface area contributed by atoms with Crippen LogP contribution in [-0.2, 0) is 4.79 Å². The number of benzene rings is 1. The summed E-state index contributed by atoms with van der Waals surface area (Å²) in [4.78, 5) is 13.7. The maximum atomic E-state index is 11.7. The first-order valence-corrected chi connectivity index (χ1v) is 8.07. The predicted molar refractivity (Wildman–Crippen MR) is 89.8 cm³/mol. The second kappa shape index (κ2) is 8.51. The smallest absolute Gasteiger partial charge is 0.230 e. The number of carbonyl (C=O) groups excluding carboxylic acids is 1. The molecule has 1 aromatic carbocycles. The van der Waals surface area contributed by atoms with Crippen molar-refractivity contribution in [3.05, 3.63) is 42.5 Å². The van der Waals surface area contributed by atoms with E-state index in [0.29, 0.717) is 12.3 Å². The van der Waals surface area contributed by atoms with Crippen molar-refractivity contribution in [3.8, 4) is 11.3 Å². The van der Waals surface area contributed by atoms with E-state index >= 15 is 0 Å². The highest BCUT2D eigenvalue weighted by Gasteiger charge is 2.05. The van der Waals surface area contributed by atoms with Gasteiger partial charge in [-0.25, -0.2) is 0 Å². The molecular weight excluding hydrogens is 296 g/mol. The van der Waals surface area contributed by atoms with Gasteiger partial charge in [-0.15, -0.1) is 10.2 Å². The molecule has 0 aliphatic carbocycles. The Kier molecular flexibility index (Phi) is 6.36. The van der Waals surface area contributed by atoms with E-state index in [4.69, 9.17) is 0 Å². The fourth-order valence-electron chi connectivity index (χ4n) is 1.77. The van der Waals surface area contributed by atoms with Crippen molar-refractivity contribution in [1.29, 1.82) is 0 Å². The molecule has 5 nitrogen and oxygen atoms in total. The second-order valence-corrected chi connectivity index (χ2v) is 6.06. The van der Waals surface area contributed by atoms with Crippen molar-refractivity contribution in [3.63, 3.8) is 0 Å². The first-order valence-electron chi connectivity index (χ1n) is 7.08. The van der Waals surface area contributed by atoms with Gasteiger partial charge in [0.1, 0.15) is 5.03 Å². The van der Waals surface area contributed by atoms with Gasteiger partial charge in [-0.2, -0.15) is 0 Å². The zero-order valence-corrected chi connectivity index (χ0v) is 13.6. The number of hydrogen-bond donors (Lipinski definition) is 1. The van der Waals surface area contributed by atoms with Crippen LogP contribution in [0.25, 0.3) is 11.3 Å². The summed E-state index contributed by atoms with van der Waals surface area (Å²) in [5.41, 5.74) is 1.87. The van der Waals surface area contributed by atoms with Crippen LogP contribution in [0, 0.1) is 0 Å². The minimum absolute atomic E-state index is 0.0146. The lowest BCUT2D eigenvalue weighted by molar-refractivity contribution is -0.118. The van der Waals surface area contributed by atoms with Crippen LogP contribution in [0.15, 0.2) is 47.5 Å². The summed E-state index contributed by atoms with van der Waals surface area (Å²) >= 11 is 1.39. The summed E-state index contributed by atoms with van der Waals surface area (Å²) in [5.74, 6) is 0.369. The Morgan fingerprint density at radius 2 is 1.91 bits per heavy atom. The van der Waals surface area contributed by atoms with Crippen LogP contribution in [0.3, 0.4) is 0 Å². The number of carbonyl (C=O) groups is 1. The van der Waals surface area contributed by atoms with Crippen LogP contribution in [-0.4, -0.2) is 53.9 Å². The normalized spacial score (nSPS) is 10.7. The topological polar surface area (TPSA) is 58.1 Å². The maximum Gasteiger partial charge on any atom is 0.230 e. The molecule has 1 heterocycles. The molecule has 6 heteroatoms. The van der Waals surface area contributed by atoms with E-state index in [-0.39, 0.29) is 5.91 Å². The second-order valence-electron chi connectivity index (χ2n) is 5.06. The zero-order valence-electron chi connectivity index (χ0n) is 12.8. The highest BCUT2D eigenvalue weighted by Crippen LogP contribution is 2.19. The number of hydrogen-bond acceptors (Lipinski definition) is 5. The summed E-state index contributed by atoms with van der Waals surface area (Å²) < 4.78 is 0. The first-order chi connectivity index (χ1) is 10.6. The van der Waals surface area contributed by atoms with Gasteiger partial charge in [0.25, 0.3) is 0 Å². The van der Waals surface area contributed by atoms with Crippen LogP contribution in [0.1, 0.15) is 0 Å². The van der Waals surface area contributed by atoms with E-state index in [0.717, 1.165) is 22.8 Å². The third kappa shape index (κ3) is 5.46. The molecule has 0 atom stereocenters. The van der Waals surface area contributed by atoms with Gasteiger partial charge in [0, 0.05) is 18.7 Å². The molecular formula is C16H20N4OS. The zero-order chi connectivity index (χ0) is 15.8. The largest absolute Gasteiger partial charge is 0.354 e. The SMILES string of the molecule is CN(C)CCNC(=O)CSc1ccc(-c2ccccc2)nn1. The first kappa shape index (κ1) is 16.5. The number of aromatic nitrogens is 2. The molecule has 22 heavy (non-hydrogen) atoms. The Labute approximate surface area is 135 Å². The molecule has 1 amide bonds. The molecule has 2 aromatic rings. The molecule has 0 spiro atoms. The molecule has 0 bridgehead atoms. The van der Waals surface area contributed by atoms with Crippen molar-refractivity contribution in [2.24, 2.45) is 0 Å². The molecule has 0 aliphatic heterocycles. The maximum absolute atomic E-state index is 11.7. The Morgan fingerprint density at radius 1 is 1.14 bits per heavy atom. The van der Waals surface area contributed by atoms with Crippen molar-refractivity contribution < 1.29 is 4.79 Å². The van der Waals surface area contributed by atoms with Crippen LogP contribution in [0.4, 0.5) is 0 Å². The minimum Gasteiger partial charge on any atom is -0.354 e. The van der Waals surface area contributed by atoms with Crippen molar-refractivity contribution >= 4 is 17.7 Å². The lowest BCUT2D eigenvalue weighted by Gasteiger charge is -2.10. The molecule has 2 rings (SSSR count). The average molecular weight is 316 g/mol. The summed E-state index contributed by atoms with van der Waals surface area (Å²) in [6.07, 6.45) is 0. The number of nitrogens with zero attached hydrogens (tertiary/aromatic N) is 3. The van der Waals surface area contributed by atoms with Crippen LogP contribution in [0.2, 0.25) is 0 Å². The molecule has 0 aliphatic rings. The fourth-order valence-corrected chi connectivity index (χ4v) is 2.41. The third-order valence-corrected chi connectivity index (χ3v) is 3.86. The van der Waals surface area contributed by atoms with Crippen molar-refractivity contribution in [2.75, 3.05) is 32.9 Å². The van der Waals surface area contributed by atoms with Gasteiger partial charge in [-0.05, 0) is 26.2 Å². The minimum atomic E-state index is 0.0146. The Hall–Kier alpha value is -1.92. The van der Waals surface area contributed by atoms with Gasteiger partial charge in [0.2, 0.25) is 5.91 Å². The number of thioether (sulfide) groups is 1. The number of likely N-dealkylation sites (N-methyl/N-ethyl adjacent to an activating group) is 1. The third-order valence-electron chi connectivity index (χ3n) is 2.94. The van der Waals surface area contributed by atoms with E-state index in [9.17, 15) is 4.79 Å². The van der Waals surface area contributed by atoms with E-state index < -0.39 is 0 Å². The molecule has 0 saturated carbocycles. The number of nitrogens with one attached hydrogen (secondary N) is 1. The lowest BCUT2D eigenvalue weighted by Crippen LogP contribution is -2.32. The number of rotatable bonds is 7. The van der Waals surface area contributed by atoms with Crippen LogP contribution in [0.5, 0.6) is 0 Å². The Bertz CT molecular complexity index is 587. The fraction of sp³-hybridized carbons (Fsp3) is 0.312. The Balaban J connectivity index is 1.80. The molecule has 0 unspecified atom stereocenters. The molecule has 116 valence electrons. The van der Waals surface area contributed by atoms with E-state index in [1.807, 2.05) is 61.5 Å². The standard InChI is InChI=1S/C16H20N4OS/c1-20(2)11-10-17-15(21)12-22-16-9-8-14(18-19-16)13-6-4-3-5-7-13/h3-9H,10-12H2,1-2H3,(H,17,21). The predicted octanol–water partition coefficient (Wildman–Crippen LogP) is 1.91. The summed E-state index contributed by atoms with van der Waals surface area (Å²) in [6.45, 7) is 1.49. The highest BCUT2D eigenvalue weighted by molar-refractivity contribution is 7.99. The Morgan fingerprint density at radius 3 is 2.55 bits per heavy atom. The number of amides is 1. The van der Waals surface area contributed by atoms with Gasteiger partial charge in [-0.1, -0.05) is 42.1 Å². The van der Waals surface area contributed by atoms with Crippen LogP contribution >= 0.6 is 11.8 Å². The molecule has 0 fully saturated rings. The summed E-state index contributed by atoms with van der Waals surface area (Å²) in [6, 6.07) is 13.7. The summed E-state index contributed by atoms with van der Waals surface area (Å²) in [7, 11) is 3.95. The monoisotopic (exact) mass is 316 g/mol. The average Bonchev–Trinajstić information content (AvgIpc) is 2.54. The van der Waals surface area contributed by atoms with Gasteiger partial charge >= 0.3 is 0 Å². The highest BCUT2D eigenvalue weighted by atomic mass is 32.2. The van der Waals surface area contributed by atoms with Crippen molar-refractivity contribution in [2.45, 2.75) is 5.03 Å². The van der Waals surface area contributed by atoms with E-state index in [1.165, 1.54) is 11.8 Å². The van der Waals surface area contributed by atoms with Gasteiger partial charge < -0.3 is 10.2 Å². The van der Waals surface area contributed by atoms with Crippen LogP contribution < -0.4 is 5.32 Å². The van der Waals surface area contributed by atoms with E-state index in [1.54, 1.807) is 0 Å². The van der Waals surface area contributed by atoms with E-state index in [2.05, 4.69) is 15.5 Å².